The van der Waals surface area contributed by atoms with Crippen molar-refractivity contribution in [3.8, 4) is 11.5 Å². The molecule has 7 nitrogen and oxygen atoms in total. The van der Waals surface area contributed by atoms with Crippen LogP contribution in [0.4, 0.5) is 0 Å². The zero-order valence-corrected chi connectivity index (χ0v) is 17.9. The standard InChI is InChI=1S/C21H32N5O2/c1-7-8-9-24-17-13-15(3)14(2)12-16(17)22-18-19(24)23-21(28)25(20(18)27)10-11-26(4,5)6/h12-15H,7-11H2,1-6H3/q+1. The van der Waals surface area contributed by atoms with Crippen molar-refractivity contribution in [2.45, 2.75) is 46.7 Å². The Kier molecular flexibility index (Phi) is 5.57. The van der Waals surface area contributed by atoms with Crippen LogP contribution in [0, 0.1) is 11.8 Å². The summed E-state index contributed by atoms with van der Waals surface area (Å²) in [5, 5.41) is 1.80. The first-order valence-electron chi connectivity index (χ1n) is 10.2. The molecule has 2 aliphatic heterocycles. The number of nitrogens with zero attached hydrogens (tertiary/aromatic N) is 5. The fraction of sp³-hybridized carbons (Fsp3) is 0.619. The lowest BCUT2D eigenvalue weighted by molar-refractivity contribution is -0.871. The van der Waals surface area contributed by atoms with E-state index in [4.69, 9.17) is 0 Å². The van der Waals surface area contributed by atoms with Crippen molar-refractivity contribution in [2.75, 3.05) is 27.7 Å². The number of rotatable bonds is 6. The minimum atomic E-state index is -0.487. The first-order chi connectivity index (χ1) is 13.1. The Hall–Kier alpha value is -2.28. The minimum Gasteiger partial charge on any atom is -0.329 e. The van der Waals surface area contributed by atoms with E-state index in [-0.39, 0.29) is 5.56 Å². The SMILES string of the molecule is CCCCn1c2nc(=O)n(CC[N+](C)(C)C)c(=O)c-2nc2c1=CC(C)C(C)C=2. The molecule has 3 rings (SSSR count). The van der Waals surface area contributed by atoms with Gasteiger partial charge in [-0.05, 0) is 18.3 Å². The summed E-state index contributed by atoms with van der Waals surface area (Å²) >= 11 is 0. The number of fused-ring (bicyclic) bond motifs is 2. The lowest BCUT2D eigenvalue weighted by Crippen LogP contribution is -2.49. The predicted octanol–water partition coefficient (Wildman–Crippen LogP) is 0.258. The largest absolute Gasteiger partial charge is 0.352 e. The van der Waals surface area contributed by atoms with Gasteiger partial charge in [0.1, 0.15) is 0 Å². The molecule has 0 aromatic rings. The molecule has 0 saturated heterocycles. The highest BCUT2D eigenvalue weighted by Gasteiger charge is 2.23. The molecule has 0 fully saturated rings. The highest BCUT2D eigenvalue weighted by molar-refractivity contribution is 5.52. The molecule has 2 unspecified atom stereocenters. The van der Waals surface area contributed by atoms with Crippen LogP contribution in [0.3, 0.4) is 0 Å². The highest BCUT2D eigenvalue weighted by Crippen LogP contribution is 2.16. The molecule has 152 valence electrons. The molecule has 0 radical (unpaired) electrons. The zero-order chi connectivity index (χ0) is 20.6. The molecule has 7 heteroatoms. The summed E-state index contributed by atoms with van der Waals surface area (Å²) in [6.45, 7) is 8.18. The van der Waals surface area contributed by atoms with Gasteiger partial charge in [0.25, 0.3) is 5.56 Å². The van der Waals surface area contributed by atoms with Gasteiger partial charge in [-0.25, -0.2) is 9.78 Å². The van der Waals surface area contributed by atoms with E-state index in [0.29, 0.717) is 40.9 Å². The van der Waals surface area contributed by atoms with Crippen LogP contribution in [0.5, 0.6) is 0 Å². The van der Waals surface area contributed by atoms with Crippen LogP contribution in [0.25, 0.3) is 23.7 Å². The smallest absolute Gasteiger partial charge is 0.329 e. The van der Waals surface area contributed by atoms with Gasteiger partial charge in [0.2, 0.25) is 0 Å². The number of likely N-dealkylation sites (N-methyl/N-ethyl adjacent to an activating group) is 1. The molecule has 1 aliphatic carbocycles. The van der Waals surface area contributed by atoms with Crippen molar-refractivity contribution >= 4 is 12.2 Å². The average Bonchev–Trinajstić information content (AvgIpc) is 2.60. The van der Waals surface area contributed by atoms with Gasteiger partial charge in [-0.3, -0.25) is 9.36 Å². The van der Waals surface area contributed by atoms with E-state index in [0.717, 1.165) is 30.1 Å². The third kappa shape index (κ3) is 3.94. The van der Waals surface area contributed by atoms with Gasteiger partial charge in [0, 0.05) is 6.54 Å². The van der Waals surface area contributed by atoms with Crippen LogP contribution >= 0.6 is 0 Å². The summed E-state index contributed by atoms with van der Waals surface area (Å²) in [6.07, 6.45) is 6.29. The monoisotopic (exact) mass is 386 g/mol. The zero-order valence-electron chi connectivity index (χ0n) is 17.9. The van der Waals surface area contributed by atoms with Crippen molar-refractivity contribution < 1.29 is 4.48 Å². The van der Waals surface area contributed by atoms with Crippen molar-refractivity contribution in [1.82, 2.24) is 19.1 Å². The van der Waals surface area contributed by atoms with E-state index in [1.54, 1.807) is 0 Å². The van der Waals surface area contributed by atoms with Gasteiger partial charge in [0.15, 0.2) is 11.5 Å². The molecule has 2 heterocycles. The summed E-state index contributed by atoms with van der Waals surface area (Å²) in [7, 11) is 6.10. The minimum absolute atomic E-state index is 0.294. The third-order valence-corrected chi connectivity index (χ3v) is 5.53. The Labute approximate surface area is 165 Å². The molecule has 0 bridgehead atoms. The first-order valence-corrected chi connectivity index (χ1v) is 10.2. The van der Waals surface area contributed by atoms with Crippen molar-refractivity contribution in [2.24, 2.45) is 11.8 Å². The van der Waals surface area contributed by atoms with Crippen molar-refractivity contribution in [3.05, 3.63) is 31.5 Å². The second-order valence-electron chi connectivity index (χ2n) is 8.98. The van der Waals surface area contributed by atoms with Crippen LogP contribution < -0.4 is 21.9 Å². The summed E-state index contributed by atoms with van der Waals surface area (Å²) in [6, 6.07) is 0. The molecule has 0 amide bonds. The second-order valence-corrected chi connectivity index (χ2v) is 8.98. The number of hydrogen-bond donors (Lipinski definition) is 0. The molecule has 28 heavy (non-hydrogen) atoms. The lowest BCUT2D eigenvalue weighted by Gasteiger charge is -2.24. The van der Waals surface area contributed by atoms with Crippen LogP contribution in [0.1, 0.15) is 33.6 Å². The summed E-state index contributed by atoms with van der Waals surface area (Å²) in [4.78, 5) is 34.8. The third-order valence-electron chi connectivity index (χ3n) is 5.53. The Morgan fingerprint density at radius 2 is 1.68 bits per heavy atom. The molecule has 2 atom stereocenters. The maximum Gasteiger partial charge on any atom is 0.352 e. The van der Waals surface area contributed by atoms with Gasteiger partial charge in [-0.2, -0.15) is 4.98 Å². The Morgan fingerprint density at radius 3 is 2.32 bits per heavy atom. The van der Waals surface area contributed by atoms with E-state index < -0.39 is 5.69 Å². The van der Waals surface area contributed by atoms with Crippen molar-refractivity contribution in [1.29, 1.82) is 0 Å². The second kappa shape index (κ2) is 7.62. The van der Waals surface area contributed by atoms with Crippen molar-refractivity contribution in [3.63, 3.8) is 0 Å². The first kappa shape index (κ1) is 20.5. The van der Waals surface area contributed by atoms with Crippen LogP contribution in [0.2, 0.25) is 0 Å². The molecule has 0 N–H and O–H groups in total. The average molecular weight is 387 g/mol. The maximum absolute atomic E-state index is 13.1. The fourth-order valence-electron chi connectivity index (χ4n) is 3.47. The summed E-state index contributed by atoms with van der Waals surface area (Å²) < 4.78 is 3.91. The number of unbranched alkanes of at least 4 members (excludes halogenated alkanes) is 1. The molecule has 0 aromatic heterocycles. The highest BCUT2D eigenvalue weighted by atomic mass is 16.2. The fourth-order valence-corrected chi connectivity index (χ4v) is 3.47. The van der Waals surface area contributed by atoms with Gasteiger partial charge in [0.05, 0.1) is 44.9 Å². The molecular formula is C21H32N5O2+. The Balaban J connectivity index is 2.29. The van der Waals surface area contributed by atoms with E-state index in [2.05, 4.69) is 42.9 Å². The summed E-state index contributed by atoms with van der Waals surface area (Å²) in [5.41, 5.74) is -0.530. The molecule has 3 aliphatic rings. The molecular weight excluding hydrogens is 354 g/mol. The van der Waals surface area contributed by atoms with Crippen LogP contribution in [-0.2, 0) is 13.1 Å². The predicted molar refractivity (Wildman–Crippen MR) is 111 cm³/mol. The quantitative estimate of drug-likeness (QED) is 0.668. The molecule has 0 saturated carbocycles. The van der Waals surface area contributed by atoms with Gasteiger partial charge in [-0.15, -0.1) is 0 Å². The van der Waals surface area contributed by atoms with E-state index >= 15 is 0 Å². The van der Waals surface area contributed by atoms with Gasteiger partial charge < -0.3 is 9.05 Å². The van der Waals surface area contributed by atoms with E-state index in [1.807, 2.05) is 25.7 Å². The van der Waals surface area contributed by atoms with Gasteiger partial charge >= 0.3 is 5.69 Å². The number of hydrogen-bond acceptors (Lipinski definition) is 4. The Morgan fingerprint density at radius 1 is 1.00 bits per heavy atom. The van der Waals surface area contributed by atoms with Crippen LogP contribution in [0.15, 0.2) is 9.59 Å². The molecule has 0 spiro atoms. The van der Waals surface area contributed by atoms with E-state index in [1.165, 1.54) is 4.57 Å². The van der Waals surface area contributed by atoms with Crippen LogP contribution in [-0.4, -0.2) is 51.3 Å². The van der Waals surface area contributed by atoms with E-state index in [9.17, 15) is 9.59 Å². The number of quaternary nitrogens is 1. The normalized spacial score (nSPS) is 19.2. The molecule has 0 aromatic carbocycles. The maximum atomic E-state index is 13.1. The Bertz CT molecular complexity index is 1070. The van der Waals surface area contributed by atoms with Gasteiger partial charge in [-0.1, -0.05) is 39.3 Å². The lowest BCUT2D eigenvalue weighted by atomic mass is 9.92. The number of aromatic nitrogens is 4. The summed E-state index contributed by atoms with van der Waals surface area (Å²) in [5.74, 6) is 1.13. The topological polar surface area (TPSA) is 69.8 Å².